The molecule has 0 radical (unpaired) electrons. The molecule has 128 valence electrons. The van der Waals surface area contributed by atoms with E-state index in [1.165, 1.54) is 19.3 Å². The standard InChI is InChI=1S/C19H35NO2/c1-17(2)13-12-15-20(5)19(21)14-10-8-6-7-9-11-16-22-18(3)4/h17-18H,6-11,14-16H2,1-5H3. The van der Waals surface area contributed by atoms with Gasteiger partial charge in [0, 0.05) is 26.0 Å². The van der Waals surface area contributed by atoms with E-state index >= 15 is 0 Å². The largest absolute Gasteiger partial charge is 0.379 e. The van der Waals surface area contributed by atoms with Gasteiger partial charge in [-0.05, 0) is 26.7 Å². The van der Waals surface area contributed by atoms with Crippen molar-refractivity contribution in [3.63, 3.8) is 0 Å². The summed E-state index contributed by atoms with van der Waals surface area (Å²) in [6, 6.07) is 0. The summed E-state index contributed by atoms with van der Waals surface area (Å²) in [5, 5.41) is 0. The molecule has 0 N–H and O–H groups in total. The van der Waals surface area contributed by atoms with E-state index in [1.807, 2.05) is 7.05 Å². The topological polar surface area (TPSA) is 29.5 Å². The van der Waals surface area contributed by atoms with Crippen molar-refractivity contribution < 1.29 is 9.53 Å². The quantitative estimate of drug-likeness (QED) is 0.421. The van der Waals surface area contributed by atoms with Gasteiger partial charge in [-0.15, -0.1) is 0 Å². The minimum absolute atomic E-state index is 0.211. The van der Waals surface area contributed by atoms with Crippen molar-refractivity contribution >= 4 is 5.91 Å². The molecular formula is C19H35NO2. The summed E-state index contributed by atoms with van der Waals surface area (Å²) in [4.78, 5) is 13.6. The van der Waals surface area contributed by atoms with Crippen molar-refractivity contribution in [2.24, 2.45) is 5.92 Å². The molecular weight excluding hydrogens is 274 g/mol. The fraction of sp³-hybridized carbons (Fsp3) is 0.842. The number of ether oxygens (including phenoxy) is 1. The molecule has 0 aliphatic rings. The molecule has 3 heteroatoms. The maximum Gasteiger partial charge on any atom is 0.223 e. The molecule has 1 amide bonds. The van der Waals surface area contributed by atoms with Gasteiger partial charge in [0.05, 0.1) is 12.6 Å². The summed E-state index contributed by atoms with van der Waals surface area (Å²) in [6.45, 7) is 9.68. The third kappa shape index (κ3) is 13.9. The van der Waals surface area contributed by atoms with E-state index in [1.54, 1.807) is 4.90 Å². The second-order valence-electron chi connectivity index (χ2n) is 6.52. The third-order valence-corrected chi connectivity index (χ3v) is 3.37. The second kappa shape index (κ2) is 13.6. The molecule has 0 fully saturated rings. The van der Waals surface area contributed by atoms with Crippen molar-refractivity contribution in [1.29, 1.82) is 0 Å². The van der Waals surface area contributed by atoms with Crippen LogP contribution >= 0.6 is 0 Å². The van der Waals surface area contributed by atoms with Gasteiger partial charge in [0.15, 0.2) is 0 Å². The molecule has 0 aliphatic heterocycles. The summed E-state index contributed by atoms with van der Waals surface area (Å²) in [7, 11) is 1.84. The highest BCUT2D eigenvalue weighted by Gasteiger charge is 2.06. The summed E-state index contributed by atoms with van der Waals surface area (Å²) in [6.07, 6.45) is 7.95. The lowest BCUT2D eigenvalue weighted by Gasteiger charge is -2.13. The normalized spacial score (nSPS) is 10.7. The molecule has 22 heavy (non-hydrogen) atoms. The molecule has 0 saturated carbocycles. The molecule has 3 nitrogen and oxygen atoms in total. The number of nitrogens with zero attached hydrogens (tertiary/aromatic N) is 1. The molecule has 0 saturated heterocycles. The number of hydrogen-bond acceptors (Lipinski definition) is 2. The number of rotatable bonds is 11. The predicted octanol–water partition coefficient (Wildman–Crippen LogP) is 4.26. The Morgan fingerprint density at radius 1 is 1.00 bits per heavy atom. The number of carbonyl (C=O) groups is 1. The van der Waals surface area contributed by atoms with Crippen LogP contribution in [0.15, 0.2) is 0 Å². The lowest BCUT2D eigenvalue weighted by Crippen LogP contribution is -2.26. The number of unbranched alkanes of at least 4 members (excludes halogenated alkanes) is 5. The van der Waals surface area contributed by atoms with Crippen LogP contribution in [0.5, 0.6) is 0 Å². The van der Waals surface area contributed by atoms with E-state index in [-0.39, 0.29) is 5.91 Å². The molecule has 0 unspecified atom stereocenters. The van der Waals surface area contributed by atoms with Gasteiger partial charge in [-0.3, -0.25) is 4.79 Å². The van der Waals surface area contributed by atoms with Crippen molar-refractivity contribution in [3.8, 4) is 11.8 Å². The molecule has 0 bridgehead atoms. The zero-order valence-corrected chi connectivity index (χ0v) is 15.3. The first-order valence-electron chi connectivity index (χ1n) is 8.77. The molecule has 0 rings (SSSR count). The summed E-state index contributed by atoms with van der Waals surface area (Å²) < 4.78 is 5.51. The Hall–Kier alpha value is -1.01. The number of carbonyl (C=O) groups excluding carboxylic acids is 1. The van der Waals surface area contributed by atoms with E-state index < -0.39 is 0 Å². The molecule has 0 aromatic carbocycles. The van der Waals surface area contributed by atoms with Crippen molar-refractivity contribution in [2.75, 3.05) is 20.2 Å². The zero-order valence-electron chi connectivity index (χ0n) is 15.3. The fourth-order valence-corrected chi connectivity index (χ4v) is 2.05. The van der Waals surface area contributed by atoms with E-state index in [2.05, 4.69) is 39.5 Å². The molecule has 0 aromatic rings. The van der Waals surface area contributed by atoms with Crippen molar-refractivity contribution in [1.82, 2.24) is 4.90 Å². The van der Waals surface area contributed by atoms with Gasteiger partial charge >= 0.3 is 0 Å². The van der Waals surface area contributed by atoms with Gasteiger partial charge < -0.3 is 9.64 Å². The Labute approximate surface area is 137 Å². The minimum atomic E-state index is 0.211. The highest BCUT2D eigenvalue weighted by Crippen LogP contribution is 2.08. The number of hydrogen-bond donors (Lipinski definition) is 0. The van der Waals surface area contributed by atoms with Crippen molar-refractivity contribution in [3.05, 3.63) is 0 Å². The van der Waals surface area contributed by atoms with Crippen LogP contribution in [0.3, 0.4) is 0 Å². The van der Waals surface area contributed by atoms with Crippen LogP contribution in [0.2, 0.25) is 0 Å². The Balaban J connectivity index is 3.47. The van der Waals surface area contributed by atoms with Gasteiger partial charge in [-0.1, -0.05) is 51.4 Å². The molecule has 0 spiro atoms. The SMILES string of the molecule is CC(C)C#CCN(C)C(=O)CCCCCCCCOC(C)C. The van der Waals surface area contributed by atoms with Crippen LogP contribution in [-0.4, -0.2) is 37.1 Å². The van der Waals surface area contributed by atoms with Crippen LogP contribution in [0, 0.1) is 17.8 Å². The second-order valence-corrected chi connectivity index (χ2v) is 6.52. The van der Waals surface area contributed by atoms with Crippen LogP contribution in [0.25, 0.3) is 0 Å². The highest BCUT2D eigenvalue weighted by atomic mass is 16.5. The minimum Gasteiger partial charge on any atom is -0.379 e. The first-order chi connectivity index (χ1) is 10.4. The first-order valence-corrected chi connectivity index (χ1v) is 8.77. The molecule has 0 atom stereocenters. The van der Waals surface area contributed by atoms with Crippen LogP contribution in [0.1, 0.15) is 72.6 Å². The average Bonchev–Trinajstić information content (AvgIpc) is 2.44. The maximum atomic E-state index is 11.9. The van der Waals surface area contributed by atoms with Gasteiger partial charge in [0.2, 0.25) is 5.91 Å². The lowest BCUT2D eigenvalue weighted by molar-refractivity contribution is -0.129. The predicted molar refractivity (Wildman–Crippen MR) is 93.7 cm³/mol. The Morgan fingerprint density at radius 2 is 1.59 bits per heavy atom. The average molecular weight is 309 g/mol. The maximum absolute atomic E-state index is 11.9. The third-order valence-electron chi connectivity index (χ3n) is 3.37. The Kier molecular flexibility index (Phi) is 13.0. The van der Waals surface area contributed by atoms with Crippen LogP contribution in [-0.2, 0) is 9.53 Å². The van der Waals surface area contributed by atoms with Crippen LogP contribution < -0.4 is 0 Å². The summed E-state index contributed by atoms with van der Waals surface area (Å²) in [5.74, 6) is 6.71. The monoisotopic (exact) mass is 309 g/mol. The fourth-order valence-electron chi connectivity index (χ4n) is 2.05. The van der Waals surface area contributed by atoms with Crippen LogP contribution in [0.4, 0.5) is 0 Å². The Bertz CT molecular complexity index is 339. The van der Waals surface area contributed by atoms with E-state index in [4.69, 9.17) is 4.74 Å². The Morgan fingerprint density at radius 3 is 2.18 bits per heavy atom. The summed E-state index contributed by atoms with van der Waals surface area (Å²) in [5.41, 5.74) is 0. The van der Waals surface area contributed by atoms with E-state index in [0.29, 0.717) is 25.0 Å². The molecule has 0 aliphatic carbocycles. The van der Waals surface area contributed by atoms with Gasteiger partial charge in [0.1, 0.15) is 0 Å². The smallest absolute Gasteiger partial charge is 0.223 e. The summed E-state index contributed by atoms with van der Waals surface area (Å²) >= 11 is 0. The van der Waals surface area contributed by atoms with E-state index in [9.17, 15) is 4.79 Å². The highest BCUT2D eigenvalue weighted by molar-refractivity contribution is 5.76. The lowest BCUT2D eigenvalue weighted by atomic mass is 10.1. The number of amides is 1. The van der Waals surface area contributed by atoms with Gasteiger partial charge in [-0.25, -0.2) is 0 Å². The zero-order chi connectivity index (χ0) is 16.8. The van der Waals surface area contributed by atoms with Gasteiger partial charge in [0.25, 0.3) is 0 Å². The molecule has 0 aromatic heterocycles. The van der Waals surface area contributed by atoms with Gasteiger partial charge in [-0.2, -0.15) is 0 Å². The van der Waals surface area contributed by atoms with Crippen molar-refractivity contribution in [2.45, 2.75) is 78.7 Å². The molecule has 0 heterocycles. The first kappa shape index (κ1) is 21.0. The van der Waals surface area contributed by atoms with E-state index in [0.717, 1.165) is 25.9 Å².